The van der Waals surface area contributed by atoms with E-state index in [0.717, 1.165) is 36.8 Å². The Bertz CT molecular complexity index is 638. The smallest absolute Gasteiger partial charge is 0.245 e. The van der Waals surface area contributed by atoms with Crippen LogP contribution >= 0.6 is 15.9 Å². The molecule has 2 amide bonds. The SMILES string of the molecule is C=CC(=O)N1CCC(C(=O)N2CCC(c3cccc(Br)c3)C2)CC1. The van der Waals surface area contributed by atoms with Gasteiger partial charge in [-0.15, -0.1) is 0 Å². The lowest BCUT2D eigenvalue weighted by Crippen LogP contribution is -2.43. The van der Waals surface area contributed by atoms with Gasteiger partial charge in [0.2, 0.25) is 11.8 Å². The fourth-order valence-corrected chi connectivity index (χ4v) is 4.14. The Morgan fingerprint density at radius 3 is 2.50 bits per heavy atom. The first-order chi connectivity index (χ1) is 11.6. The molecule has 0 bridgehead atoms. The van der Waals surface area contributed by atoms with Crippen molar-refractivity contribution in [1.82, 2.24) is 9.80 Å². The molecule has 4 nitrogen and oxygen atoms in total. The molecule has 1 aromatic rings. The molecule has 0 saturated carbocycles. The third-order valence-corrected chi connectivity index (χ3v) is 5.64. The standard InChI is InChI=1S/C19H23BrN2O2/c1-2-18(23)21-9-6-14(7-10-21)19(24)22-11-8-16(13-22)15-4-3-5-17(20)12-15/h2-5,12,14,16H,1,6-11,13H2. The highest BCUT2D eigenvalue weighted by Gasteiger charge is 2.33. The summed E-state index contributed by atoms with van der Waals surface area (Å²) in [4.78, 5) is 28.2. The third-order valence-electron chi connectivity index (χ3n) is 5.15. The van der Waals surface area contributed by atoms with Crippen molar-refractivity contribution >= 4 is 27.7 Å². The lowest BCUT2D eigenvalue weighted by Gasteiger charge is -2.32. The van der Waals surface area contributed by atoms with Crippen LogP contribution in [0.2, 0.25) is 0 Å². The normalized spacial score (nSPS) is 21.8. The molecular formula is C19H23BrN2O2. The van der Waals surface area contributed by atoms with Crippen LogP contribution in [-0.4, -0.2) is 47.8 Å². The van der Waals surface area contributed by atoms with Gasteiger partial charge in [-0.25, -0.2) is 0 Å². The van der Waals surface area contributed by atoms with Crippen LogP contribution < -0.4 is 0 Å². The minimum Gasteiger partial charge on any atom is -0.342 e. The van der Waals surface area contributed by atoms with E-state index in [1.165, 1.54) is 11.6 Å². The van der Waals surface area contributed by atoms with E-state index < -0.39 is 0 Å². The van der Waals surface area contributed by atoms with Gasteiger partial charge in [0.15, 0.2) is 0 Å². The minimum atomic E-state index is -0.0307. The molecule has 2 fully saturated rings. The Hall–Kier alpha value is -1.62. The first-order valence-electron chi connectivity index (χ1n) is 8.54. The number of rotatable bonds is 3. The molecule has 0 N–H and O–H groups in total. The van der Waals surface area contributed by atoms with E-state index in [1.807, 2.05) is 11.0 Å². The summed E-state index contributed by atoms with van der Waals surface area (Å²) >= 11 is 3.52. The number of halogens is 1. The molecule has 0 aromatic heterocycles. The summed E-state index contributed by atoms with van der Waals surface area (Å²) in [7, 11) is 0. The van der Waals surface area contributed by atoms with Gasteiger partial charge < -0.3 is 9.80 Å². The Labute approximate surface area is 151 Å². The molecule has 1 unspecified atom stereocenters. The number of amides is 2. The van der Waals surface area contributed by atoms with Gasteiger partial charge >= 0.3 is 0 Å². The van der Waals surface area contributed by atoms with Gasteiger partial charge in [0.25, 0.3) is 0 Å². The summed E-state index contributed by atoms with van der Waals surface area (Å²) in [6.45, 7) is 6.48. The number of hydrogen-bond donors (Lipinski definition) is 0. The second-order valence-electron chi connectivity index (χ2n) is 6.63. The number of benzene rings is 1. The average Bonchev–Trinajstić information content (AvgIpc) is 3.10. The molecule has 2 heterocycles. The molecule has 2 aliphatic heterocycles. The molecule has 0 spiro atoms. The Morgan fingerprint density at radius 1 is 1.12 bits per heavy atom. The molecule has 0 aliphatic carbocycles. The molecule has 3 rings (SSSR count). The molecule has 1 atom stereocenters. The van der Waals surface area contributed by atoms with Crippen LogP contribution in [0.1, 0.15) is 30.7 Å². The number of piperidine rings is 1. The van der Waals surface area contributed by atoms with Crippen molar-refractivity contribution in [2.45, 2.75) is 25.2 Å². The molecule has 128 valence electrons. The summed E-state index contributed by atoms with van der Waals surface area (Å²) in [5, 5.41) is 0. The molecule has 24 heavy (non-hydrogen) atoms. The Balaban J connectivity index is 1.55. The van der Waals surface area contributed by atoms with Crippen LogP contribution in [-0.2, 0) is 9.59 Å². The maximum absolute atomic E-state index is 12.8. The first kappa shape index (κ1) is 17.2. The van der Waals surface area contributed by atoms with E-state index in [2.05, 4.69) is 40.7 Å². The van der Waals surface area contributed by atoms with Crippen LogP contribution in [0, 0.1) is 5.92 Å². The van der Waals surface area contributed by atoms with Crippen LogP contribution in [0.5, 0.6) is 0 Å². The van der Waals surface area contributed by atoms with Crippen molar-refractivity contribution < 1.29 is 9.59 Å². The monoisotopic (exact) mass is 390 g/mol. The third kappa shape index (κ3) is 3.72. The number of hydrogen-bond acceptors (Lipinski definition) is 2. The topological polar surface area (TPSA) is 40.6 Å². The second-order valence-corrected chi connectivity index (χ2v) is 7.54. The number of carbonyl (C=O) groups excluding carboxylic acids is 2. The quantitative estimate of drug-likeness (QED) is 0.743. The lowest BCUT2D eigenvalue weighted by molar-refractivity contribution is -0.138. The predicted molar refractivity (Wildman–Crippen MR) is 97.6 cm³/mol. The molecule has 2 aliphatic rings. The van der Waals surface area contributed by atoms with E-state index in [4.69, 9.17) is 0 Å². The molecule has 1 aromatic carbocycles. The van der Waals surface area contributed by atoms with Crippen LogP contribution in [0.15, 0.2) is 41.4 Å². The molecule has 5 heteroatoms. The van der Waals surface area contributed by atoms with Gasteiger partial charge in [-0.05, 0) is 43.0 Å². The van der Waals surface area contributed by atoms with Gasteiger partial charge in [-0.2, -0.15) is 0 Å². The molecular weight excluding hydrogens is 368 g/mol. The molecule has 2 saturated heterocycles. The first-order valence-corrected chi connectivity index (χ1v) is 9.33. The molecule has 0 radical (unpaired) electrons. The van der Waals surface area contributed by atoms with E-state index in [1.54, 1.807) is 4.90 Å². The van der Waals surface area contributed by atoms with Crippen LogP contribution in [0.25, 0.3) is 0 Å². The van der Waals surface area contributed by atoms with Gasteiger partial charge in [0, 0.05) is 42.5 Å². The van der Waals surface area contributed by atoms with Crippen LogP contribution in [0.3, 0.4) is 0 Å². The van der Waals surface area contributed by atoms with Gasteiger partial charge in [-0.3, -0.25) is 9.59 Å². The van der Waals surface area contributed by atoms with E-state index >= 15 is 0 Å². The summed E-state index contributed by atoms with van der Waals surface area (Å²) in [6.07, 6.45) is 3.90. The van der Waals surface area contributed by atoms with Crippen molar-refractivity contribution in [2.24, 2.45) is 5.92 Å². The largest absolute Gasteiger partial charge is 0.342 e. The zero-order valence-electron chi connectivity index (χ0n) is 13.8. The predicted octanol–water partition coefficient (Wildman–Crippen LogP) is 3.19. The average molecular weight is 391 g/mol. The second kappa shape index (κ2) is 7.51. The minimum absolute atomic E-state index is 0.0307. The van der Waals surface area contributed by atoms with E-state index in [-0.39, 0.29) is 17.7 Å². The Morgan fingerprint density at radius 2 is 1.83 bits per heavy atom. The fourth-order valence-electron chi connectivity index (χ4n) is 3.73. The summed E-state index contributed by atoms with van der Waals surface area (Å²) in [5.41, 5.74) is 1.30. The fraction of sp³-hybridized carbons (Fsp3) is 0.474. The number of carbonyl (C=O) groups is 2. The number of likely N-dealkylation sites (tertiary alicyclic amines) is 2. The maximum atomic E-state index is 12.8. The van der Waals surface area contributed by atoms with Crippen LogP contribution in [0.4, 0.5) is 0 Å². The van der Waals surface area contributed by atoms with Crippen molar-refractivity contribution in [3.8, 4) is 0 Å². The van der Waals surface area contributed by atoms with Crippen molar-refractivity contribution in [2.75, 3.05) is 26.2 Å². The Kier molecular flexibility index (Phi) is 5.39. The summed E-state index contributed by atoms with van der Waals surface area (Å²) < 4.78 is 1.09. The summed E-state index contributed by atoms with van der Waals surface area (Å²) in [5.74, 6) is 0.712. The highest BCUT2D eigenvalue weighted by Crippen LogP contribution is 2.31. The summed E-state index contributed by atoms with van der Waals surface area (Å²) in [6, 6.07) is 8.37. The zero-order valence-corrected chi connectivity index (χ0v) is 15.4. The number of nitrogens with zero attached hydrogens (tertiary/aromatic N) is 2. The van der Waals surface area contributed by atoms with E-state index in [0.29, 0.717) is 19.0 Å². The van der Waals surface area contributed by atoms with Gasteiger partial charge in [0.05, 0.1) is 0 Å². The van der Waals surface area contributed by atoms with Crippen molar-refractivity contribution in [3.05, 3.63) is 47.0 Å². The van der Waals surface area contributed by atoms with Crippen molar-refractivity contribution in [1.29, 1.82) is 0 Å². The maximum Gasteiger partial charge on any atom is 0.245 e. The highest BCUT2D eigenvalue weighted by atomic mass is 79.9. The lowest BCUT2D eigenvalue weighted by atomic mass is 9.95. The van der Waals surface area contributed by atoms with Gasteiger partial charge in [-0.1, -0.05) is 34.6 Å². The van der Waals surface area contributed by atoms with Gasteiger partial charge in [0.1, 0.15) is 0 Å². The highest BCUT2D eigenvalue weighted by molar-refractivity contribution is 9.10. The zero-order chi connectivity index (χ0) is 17.1. The van der Waals surface area contributed by atoms with Crippen molar-refractivity contribution in [3.63, 3.8) is 0 Å². The van der Waals surface area contributed by atoms with E-state index in [9.17, 15) is 9.59 Å².